The largest absolute Gasteiger partial charge is 0.416 e. The van der Waals surface area contributed by atoms with Gasteiger partial charge < -0.3 is 20.1 Å². The number of rotatable bonds is 3. The van der Waals surface area contributed by atoms with E-state index < -0.39 is 11.7 Å². The number of halogens is 3. The molecule has 0 saturated carbocycles. The molecule has 1 aliphatic heterocycles. The van der Waals surface area contributed by atoms with Gasteiger partial charge in [0.25, 0.3) is 0 Å². The van der Waals surface area contributed by atoms with Gasteiger partial charge in [-0.15, -0.1) is 0 Å². The highest BCUT2D eigenvalue weighted by molar-refractivity contribution is 5.89. The molecular formula is C21H20F3N5O. The molecule has 1 saturated heterocycles. The fourth-order valence-electron chi connectivity index (χ4n) is 3.32. The maximum atomic E-state index is 12.9. The highest BCUT2D eigenvalue weighted by Gasteiger charge is 2.30. The van der Waals surface area contributed by atoms with Gasteiger partial charge in [-0.25, -0.2) is 9.78 Å². The van der Waals surface area contributed by atoms with Crippen LogP contribution in [0.25, 0.3) is 11.3 Å². The van der Waals surface area contributed by atoms with Crippen molar-refractivity contribution in [1.29, 1.82) is 0 Å². The molecule has 0 unspecified atom stereocenters. The Balaban J connectivity index is 1.38. The monoisotopic (exact) mass is 415 g/mol. The van der Waals surface area contributed by atoms with Crippen molar-refractivity contribution in [3.8, 4) is 11.3 Å². The number of hydrogen-bond donors (Lipinski definition) is 2. The Morgan fingerprint density at radius 2 is 1.73 bits per heavy atom. The summed E-state index contributed by atoms with van der Waals surface area (Å²) in [4.78, 5) is 23.6. The van der Waals surface area contributed by atoms with E-state index in [0.717, 1.165) is 17.8 Å². The molecule has 1 fully saturated rings. The van der Waals surface area contributed by atoms with Crippen molar-refractivity contribution in [3.05, 3.63) is 66.4 Å². The van der Waals surface area contributed by atoms with E-state index in [1.54, 1.807) is 17.2 Å². The average molecular weight is 415 g/mol. The summed E-state index contributed by atoms with van der Waals surface area (Å²) < 4.78 is 38.8. The SMILES string of the molecule is O=C(Nc1ccccc1)N1CCN(c2nc(-c3cccc(C(F)(F)F)c3)c[nH]2)CC1. The Hall–Kier alpha value is -3.49. The van der Waals surface area contributed by atoms with Gasteiger partial charge in [-0.3, -0.25) is 0 Å². The number of anilines is 2. The van der Waals surface area contributed by atoms with E-state index in [-0.39, 0.29) is 6.03 Å². The highest BCUT2D eigenvalue weighted by atomic mass is 19.4. The lowest BCUT2D eigenvalue weighted by Gasteiger charge is -2.34. The van der Waals surface area contributed by atoms with Crippen LogP contribution < -0.4 is 10.2 Å². The molecule has 1 aliphatic rings. The van der Waals surface area contributed by atoms with E-state index in [1.165, 1.54) is 6.07 Å². The quantitative estimate of drug-likeness (QED) is 0.664. The first-order chi connectivity index (χ1) is 14.4. The molecule has 0 atom stereocenters. The van der Waals surface area contributed by atoms with Gasteiger partial charge in [0.2, 0.25) is 5.95 Å². The number of carbonyl (C=O) groups excluding carboxylic acids is 1. The highest BCUT2D eigenvalue weighted by Crippen LogP contribution is 2.32. The molecule has 6 nitrogen and oxygen atoms in total. The number of aromatic amines is 1. The van der Waals surface area contributed by atoms with Crippen molar-refractivity contribution < 1.29 is 18.0 Å². The third-order valence-corrected chi connectivity index (χ3v) is 4.94. The van der Waals surface area contributed by atoms with Crippen molar-refractivity contribution in [2.45, 2.75) is 6.18 Å². The number of benzene rings is 2. The number of urea groups is 1. The number of H-pyrrole nitrogens is 1. The van der Waals surface area contributed by atoms with E-state index >= 15 is 0 Å². The molecule has 3 aromatic rings. The molecular weight excluding hydrogens is 395 g/mol. The zero-order valence-corrected chi connectivity index (χ0v) is 16.0. The zero-order chi connectivity index (χ0) is 21.1. The summed E-state index contributed by atoms with van der Waals surface area (Å²) in [6.07, 6.45) is -2.80. The van der Waals surface area contributed by atoms with Gasteiger partial charge in [0.05, 0.1) is 11.3 Å². The van der Waals surface area contributed by atoms with E-state index in [2.05, 4.69) is 15.3 Å². The molecule has 0 radical (unpaired) electrons. The Morgan fingerprint density at radius 1 is 1.00 bits per heavy atom. The fourth-order valence-corrected chi connectivity index (χ4v) is 3.32. The summed E-state index contributed by atoms with van der Waals surface area (Å²) in [6.45, 7) is 2.16. The van der Waals surface area contributed by atoms with Crippen LogP contribution in [0.15, 0.2) is 60.8 Å². The van der Waals surface area contributed by atoms with Gasteiger partial charge in [0.15, 0.2) is 0 Å². The maximum absolute atomic E-state index is 12.9. The number of hydrogen-bond acceptors (Lipinski definition) is 3. The molecule has 2 amide bonds. The lowest BCUT2D eigenvalue weighted by atomic mass is 10.1. The minimum atomic E-state index is -4.40. The summed E-state index contributed by atoms with van der Waals surface area (Å²) in [5, 5.41) is 2.86. The normalized spacial score (nSPS) is 14.6. The number of carbonyl (C=O) groups is 1. The van der Waals surface area contributed by atoms with Crippen LogP contribution in [-0.2, 0) is 6.18 Å². The van der Waals surface area contributed by atoms with Crippen LogP contribution in [0, 0.1) is 0 Å². The number of para-hydroxylation sites is 1. The summed E-state index contributed by atoms with van der Waals surface area (Å²) in [5.41, 5.74) is 0.873. The van der Waals surface area contributed by atoms with Crippen molar-refractivity contribution in [3.63, 3.8) is 0 Å². The molecule has 2 N–H and O–H groups in total. The summed E-state index contributed by atoms with van der Waals surface area (Å²) in [6, 6.07) is 14.2. The molecule has 4 rings (SSSR count). The number of amides is 2. The number of nitrogens with one attached hydrogen (secondary N) is 2. The van der Waals surface area contributed by atoms with E-state index in [0.29, 0.717) is 43.4 Å². The van der Waals surface area contributed by atoms with E-state index in [1.807, 2.05) is 35.2 Å². The minimum absolute atomic E-state index is 0.162. The Kier molecular flexibility index (Phi) is 5.35. The second-order valence-electron chi connectivity index (χ2n) is 6.96. The predicted octanol–water partition coefficient (Wildman–Crippen LogP) is 4.45. The molecule has 30 heavy (non-hydrogen) atoms. The van der Waals surface area contributed by atoms with Gasteiger partial charge in [0.1, 0.15) is 0 Å². The molecule has 0 spiro atoms. The van der Waals surface area contributed by atoms with E-state index in [4.69, 9.17) is 0 Å². The molecule has 0 aliphatic carbocycles. The molecule has 156 valence electrons. The van der Waals surface area contributed by atoms with Crippen molar-refractivity contribution in [2.24, 2.45) is 0 Å². The first-order valence-electron chi connectivity index (χ1n) is 9.49. The zero-order valence-electron chi connectivity index (χ0n) is 16.0. The number of piperazine rings is 1. The Morgan fingerprint density at radius 3 is 2.43 bits per heavy atom. The van der Waals surface area contributed by atoms with Crippen LogP contribution in [0.3, 0.4) is 0 Å². The van der Waals surface area contributed by atoms with Crippen molar-refractivity contribution in [2.75, 3.05) is 36.4 Å². The van der Waals surface area contributed by atoms with Gasteiger partial charge in [-0.05, 0) is 24.3 Å². The summed E-state index contributed by atoms with van der Waals surface area (Å²) in [7, 11) is 0. The summed E-state index contributed by atoms with van der Waals surface area (Å²) in [5.74, 6) is 0.575. The maximum Gasteiger partial charge on any atom is 0.416 e. The topological polar surface area (TPSA) is 64.3 Å². The second-order valence-corrected chi connectivity index (χ2v) is 6.96. The van der Waals surface area contributed by atoms with E-state index in [9.17, 15) is 18.0 Å². The van der Waals surface area contributed by atoms with Gasteiger partial charge in [-0.2, -0.15) is 13.2 Å². The number of aromatic nitrogens is 2. The van der Waals surface area contributed by atoms with Crippen LogP contribution in [0.1, 0.15) is 5.56 Å². The first kappa shape index (κ1) is 19.8. The van der Waals surface area contributed by atoms with Gasteiger partial charge >= 0.3 is 12.2 Å². The lowest BCUT2D eigenvalue weighted by Crippen LogP contribution is -2.50. The molecule has 1 aromatic heterocycles. The fraction of sp³-hybridized carbons (Fsp3) is 0.238. The predicted molar refractivity (Wildman–Crippen MR) is 108 cm³/mol. The Labute approximate surface area is 171 Å². The smallest absolute Gasteiger partial charge is 0.339 e. The van der Waals surface area contributed by atoms with Gasteiger partial charge in [-0.1, -0.05) is 30.3 Å². The number of imidazole rings is 1. The Bertz CT molecular complexity index is 1010. The second kappa shape index (κ2) is 8.10. The van der Waals surface area contributed by atoms with Crippen LogP contribution >= 0.6 is 0 Å². The third kappa shape index (κ3) is 4.40. The average Bonchev–Trinajstić information content (AvgIpc) is 3.24. The third-order valence-electron chi connectivity index (χ3n) is 4.94. The molecule has 2 aromatic carbocycles. The molecule has 2 heterocycles. The van der Waals surface area contributed by atoms with Crippen LogP contribution in [0.5, 0.6) is 0 Å². The van der Waals surface area contributed by atoms with Crippen LogP contribution in [0.4, 0.5) is 29.6 Å². The molecule has 0 bridgehead atoms. The number of nitrogens with zero attached hydrogens (tertiary/aromatic N) is 3. The molecule has 9 heteroatoms. The lowest BCUT2D eigenvalue weighted by molar-refractivity contribution is -0.137. The van der Waals surface area contributed by atoms with Gasteiger partial charge in [0, 0.05) is 43.6 Å². The van der Waals surface area contributed by atoms with Crippen molar-refractivity contribution in [1.82, 2.24) is 14.9 Å². The standard InChI is InChI=1S/C21H20F3N5O/c22-21(23,24)16-6-4-5-15(13-16)18-14-25-19(27-18)28-9-11-29(12-10-28)20(30)26-17-7-2-1-3-8-17/h1-8,13-14H,9-12H2,(H,25,27)(H,26,30). The minimum Gasteiger partial charge on any atom is -0.339 e. The summed E-state index contributed by atoms with van der Waals surface area (Å²) >= 11 is 0. The van der Waals surface area contributed by atoms with Crippen LogP contribution in [0.2, 0.25) is 0 Å². The van der Waals surface area contributed by atoms with Crippen LogP contribution in [-0.4, -0.2) is 47.1 Å². The van der Waals surface area contributed by atoms with Crippen molar-refractivity contribution >= 4 is 17.7 Å². The first-order valence-corrected chi connectivity index (χ1v) is 9.49. The number of alkyl halides is 3.